The van der Waals surface area contributed by atoms with Crippen LogP contribution in [0.4, 0.5) is 5.82 Å². The van der Waals surface area contributed by atoms with Crippen LogP contribution in [-0.2, 0) is 0 Å². The van der Waals surface area contributed by atoms with E-state index in [0.29, 0.717) is 5.82 Å². The Hall–Kier alpha value is -0.810. The molecule has 1 aromatic heterocycles. The number of hydrogen-bond donors (Lipinski definition) is 2. The molecule has 1 heterocycles. The van der Waals surface area contributed by atoms with Crippen molar-refractivity contribution in [3.05, 3.63) is 11.4 Å². The summed E-state index contributed by atoms with van der Waals surface area (Å²) in [6.07, 6.45) is 0. The van der Waals surface area contributed by atoms with E-state index in [9.17, 15) is 0 Å². The van der Waals surface area contributed by atoms with Gasteiger partial charge in [0.2, 0.25) is 0 Å². The molecule has 0 atom stereocenters. The first-order valence-corrected chi connectivity index (χ1v) is 5.66. The first-order valence-electron chi connectivity index (χ1n) is 4.84. The van der Waals surface area contributed by atoms with Crippen molar-refractivity contribution >= 4 is 17.6 Å². The molecule has 0 spiro atoms. The number of anilines is 1. The summed E-state index contributed by atoms with van der Waals surface area (Å²) in [5, 5.41) is 0.989. The Bertz CT molecular complexity index is 357. The van der Waals surface area contributed by atoms with Gasteiger partial charge in [0, 0.05) is 10.3 Å². The number of hydrogen-bond acceptors (Lipinski definition) is 5. The first-order chi connectivity index (χ1) is 6.83. The number of aromatic nitrogens is 2. The zero-order chi connectivity index (χ0) is 11.6. The molecule has 0 saturated heterocycles. The molecule has 5 heteroatoms. The topological polar surface area (TPSA) is 63.8 Å². The number of nitrogens with zero attached hydrogens (tertiary/aromatic N) is 2. The summed E-state index contributed by atoms with van der Waals surface area (Å²) in [6, 6.07) is 0. The van der Waals surface area contributed by atoms with Crippen molar-refractivity contribution in [3.63, 3.8) is 0 Å². The van der Waals surface area contributed by atoms with Crippen LogP contribution in [0.3, 0.4) is 0 Å². The molecule has 0 saturated carbocycles. The lowest BCUT2D eigenvalue weighted by atomic mass is 10.3. The Morgan fingerprint density at radius 1 is 1.20 bits per heavy atom. The van der Waals surface area contributed by atoms with E-state index in [0.717, 1.165) is 16.4 Å². The van der Waals surface area contributed by atoms with E-state index in [1.807, 2.05) is 13.8 Å². The SMILES string of the molecule is Cc1nc(NN)c(C)c(SC(C)(C)C)n1. The van der Waals surface area contributed by atoms with Gasteiger partial charge in [-0.25, -0.2) is 15.8 Å². The smallest absolute Gasteiger partial charge is 0.147 e. The summed E-state index contributed by atoms with van der Waals surface area (Å²) in [6.45, 7) is 10.3. The summed E-state index contributed by atoms with van der Waals surface area (Å²) in [5.74, 6) is 6.84. The van der Waals surface area contributed by atoms with Gasteiger partial charge in [-0.05, 0) is 13.8 Å². The monoisotopic (exact) mass is 226 g/mol. The minimum Gasteiger partial charge on any atom is -0.308 e. The van der Waals surface area contributed by atoms with Gasteiger partial charge in [0.1, 0.15) is 16.7 Å². The van der Waals surface area contributed by atoms with Crippen molar-refractivity contribution in [1.29, 1.82) is 0 Å². The average molecular weight is 226 g/mol. The third-order valence-corrected chi connectivity index (χ3v) is 2.96. The van der Waals surface area contributed by atoms with Gasteiger partial charge in [-0.15, -0.1) is 11.8 Å². The molecule has 4 nitrogen and oxygen atoms in total. The fourth-order valence-corrected chi connectivity index (χ4v) is 2.14. The van der Waals surface area contributed by atoms with Crippen LogP contribution in [-0.4, -0.2) is 14.7 Å². The molecule has 0 amide bonds. The standard InChI is InChI=1S/C10H18N4S/c1-6-8(14-11)12-7(2)13-9(6)15-10(3,4)5/h11H2,1-5H3,(H,12,13,14). The summed E-state index contributed by atoms with van der Waals surface area (Å²) < 4.78 is 0.136. The second-order valence-electron chi connectivity index (χ2n) is 4.41. The fourth-order valence-electron chi connectivity index (χ4n) is 1.13. The van der Waals surface area contributed by atoms with Gasteiger partial charge >= 0.3 is 0 Å². The average Bonchev–Trinajstić information content (AvgIpc) is 2.08. The third-order valence-electron chi connectivity index (χ3n) is 1.75. The first kappa shape index (κ1) is 12.3. The van der Waals surface area contributed by atoms with E-state index in [4.69, 9.17) is 5.84 Å². The van der Waals surface area contributed by atoms with Gasteiger partial charge in [0.15, 0.2) is 0 Å². The minimum atomic E-state index is 0.136. The second kappa shape index (κ2) is 4.37. The van der Waals surface area contributed by atoms with Gasteiger partial charge in [-0.2, -0.15) is 0 Å². The van der Waals surface area contributed by atoms with Crippen molar-refractivity contribution in [2.24, 2.45) is 5.84 Å². The summed E-state index contributed by atoms with van der Waals surface area (Å²) in [5.41, 5.74) is 3.60. The molecule has 1 rings (SSSR count). The van der Waals surface area contributed by atoms with Crippen molar-refractivity contribution < 1.29 is 0 Å². The molecule has 0 bridgehead atoms. The molecule has 84 valence electrons. The molecule has 1 aromatic rings. The number of nitrogens with one attached hydrogen (secondary N) is 1. The Kier molecular flexibility index (Phi) is 3.57. The summed E-state index contributed by atoms with van der Waals surface area (Å²) in [7, 11) is 0. The van der Waals surface area contributed by atoms with E-state index in [-0.39, 0.29) is 4.75 Å². The van der Waals surface area contributed by atoms with Gasteiger partial charge in [0.05, 0.1) is 0 Å². The van der Waals surface area contributed by atoms with Crippen molar-refractivity contribution in [2.75, 3.05) is 5.43 Å². The summed E-state index contributed by atoms with van der Waals surface area (Å²) in [4.78, 5) is 8.64. The number of aryl methyl sites for hydroxylation is 1. The number of nitrogens with two attached hydrogens (primary N) is 1. The third kappa shape index (κ3) is 3.35. The van der Waals surface area contributed by atoms with Crippen LogP contribution < -0.4 is 11.3 Å². The molecule has 0 unspecified atom stereocenters. The second-order valence-corrected chi connectivity index (χ2v) is 6.22. The quantitative estimate of drug-likeness (QED) is 0.350. The highest BCUT2D eigenvalue weighted by atomic mass is 32.2. The Labute approximate surface area is 95.0 Å². The minimum absolute atomic E-state index is 0.136. The molecule has 0 fully saturated rings. The Morgan fingerprint density at radius 3 is 2.27 bits per heavy atom. The van der Waals surface area contributed by atoms with Gasteiger partial charge in [-0.1, -0.05) is 20.8 Å². The maximum atomic E-state index is 5.40. The van der Waals surface area contributed by atoms with Crippen molar-refractivity contribution in [1.82, 2.24) is 9.97 Å². The van der Waals surface area contributed by atoms with Crippen LogP contribution in [0, 0.1) is 13.8 Å². The van der Waals surface area contributed by atoms with Crippen LogP contribution in [0.5, 0.6) is 0 Å². The maximum Gasteiger partial charge on any atom is 0.147 e. The number of nitrogen functional groups attached to an aromatic ring is 1. The number of thioether (sulfide) groups is 1. The molecule has 3 N–H and O–H groups in total. The lowest BCUT2D eigenvalue weighted by molar-refractivity contribution is 0.794. The molecular weight excluding hydrogens is 208 g/mol. The zero-order valence-electron chi connectivity index (χ0n) is 9.88. The normalized spacial score (nSPS) is 11.6. The molecule has 0 aliphatic rings. The van der Waals surface area contributed by atoms with Crippen LogP contribution in [0.15, 0.2) is 5.03 Å². The lowest BCUT2D eigenvalue weighted by Gasteiger charge is -2.19. The molecular formula is C10H18N4S. The Morgan fingerprint density at radius 2 is 1.80 bits per heavy atom. The predicted molar refractivity (Wildman–Crippen MR) is 64.9 cm³/mol. The largest absolute Gasteiger partial charge is 0.308 e. The molecule has 0 aromatic carbocycles. The highest BCUT2D eigenvalue weighted by molar-refractivity contribution is 8.00. The molecule has 0 aliphatic heterocycles. The molecule has 0 radical (unpaired) electrons. The van der Waals surface area contributed by atoms with Gasteiger partial charge in [-0.3, -0.25) is 0 Å². The highest BCUT2D eigenvalue weighted by Gasteiger charge is 2.17. The van der Waals surface area contributed by atoms with Gasteiger partial charge < -0.3 is 5.43 Å². The predicted octanol–water partition coefficient (Wildman–Crippen LogP) is 2.27. The fraction of sp³-hybridized carbons (Fsp3) is 0.600. The van der Waals surface area contributed by atoms with E-state index in [2.05, 4.69) is 36.2 Å². The van der Waals surface area contributed by atoms with E-state index in [1.165, 1.54) is 0 Å². The summed E-state index contributed by atoms with van der Waals surface area (Å²) >= 11 is 1.72. The van der Waals surface area contributed by atoms with E-state index in [1.54, 1.807) is 11.8 Å². The maximum absolute atomic E-state index is 5.40. The Balaban J connectivity index is 3.12. The number of rotatable bonds is 2. The number of hydrazine groups is 1. The van der Waals surface area contributed by atoms with Crippen LogP contribution >= 0.6 is 11.8 Å². The molecule has 15 heavy (non-hydrogen) atoms. The lowest BCUT2D eigenvalue weighted by Crippen LogP contribution is -2.14. The van der Waals surface area contributed by atoms with Crippen molar-refractivity contribution in [3.8, 4) is 0 Å². The van der Waals surface area contributed by atoms with E-state index >= 15 is 0 Å². The van der Waals surface area contributed by atoms with Crippen molar-refractivity contribution in [2.45, 2.75) is 44.4 Å². The zero-order valence-corrected chi connectivity index (χ0v) is 10.7. The van der Waals surface area contributed by atoms with Crippen LogP contribution in [0.25, 0.3) is 0 Å². The highest BCUT2D eigenvalue weighted by Crippen LogP contribution is 2.34. The van der Waals surface area contributed by atoms with Crippen LogP contribution in [0.2, 0.25) is 0 Å². The molecule has 0 aliphatic carbocycles. The van der Waals surface area contributed by atoms with Gasteiger partial charge in [0.25, 0.3) is 0 Å². The van der Waals surface area contributed by atoms with Crippen LogP contribution in [0.1, 0.15) is 32.2 Å². The van der Waals surface area contributed by atoms with E-state index < -0.39 is 0 Å².